The molecule has 3 fully saturated rings. The molecule has 1 aromatic carbocycles. The molecule has 0 atom stereocenters. The zero-order chi connectivity index (χ0) is 33.9. The van der Waals surface area contributed by atoms with Gasteiger partial charge in [-0.2, -0.15) is 0 Å². The Morgan fingerprint density at radius 1 is 0.896 bits per heavy atom. The first-order valence-electron chi connectivity index (χ1n) is 17.6. The Bertz CT molecular complexity index is 1930. The molecule has 4 heterocycles. The van der Waals surface area contributed by atoms with Crippen LogP contribution < -0.4 is 16.6 Å². The van der Waals surface area contributed by atoms with Gasteiger partial charge in [-0.1, -0.05) is 17.2 Å². The Labute approximate surface area is 287 Å². The summed E-state index contributed by atoms with van der Waals surface area (Å²) < 4.78 is 2.73. The van der Waals surface area contributed by atoms with Crippen LogP contribution in [0.3, 0.4) is 0 Å². The summed E-state index contributed by atoms with van der Waals surface area (Å²) in [4.78, 5) is 49.3. The Morgan fingerprint density at radius 2 is 1.52 bits per heavy atom. The van der Waals surface area contributed by atoms with Gasteiger partial charge in [0.2, 0.25) is 5.91 Å². The number of hydrogen-bond donors (Lipinski definition) is 2. The van der Waals surface area contributed by atoms with Gasteiger partial charge in [0.1, 0.15) is 4.83 Å². The lowest BCUT2D eigenvalue weighted by Gasteiger charge is -2.35. The smallest absolute Gasteiger partial charge is 0.330 e. The molecule has 0 spiro atoms. The Balaban J connectivity index is 1.09. The summed E-state index contributed by atoms with van der Waals surface area (Å²) in [5.41, 5.74) is 5.82. The van der Waals surface area contributed by atoms with E-state index in [9.17, 15) is 14.4 Å². The van der Waals surface area contributed by atoms with E-state index in [1.807, 2.05) is 0 Å². The van der Waals surface area contributed by atoms with Gasteiger partial charge in [0.15, 0.2) is 0 Å². The topological polar surface area (TPSA) is 95.4 Å². The first-order valence-corrected chi connectivity index (χ1v) is 18.5. The van der Waals surface area contributed by atoms with Crippen LogP contribution in [0.15, 0.2) is 39.9 Å². The second kappa shape index (κ2) is 12.8. The second-order valence-electron chi connectivity index (χ2n) is 15.2. The minimum Gasteiger partial charge on any atom is -0.352 e. The Kier molecular flexibility index (Phi) is 8.79. The minimum absolute atomic E-state index is 0.153. The van der Waals surface area contributed by atoms with Crippen LogP contribution in [0, 0.1) is 25.7 Å². The van der Waals surface area contributed by atoms with Crippen LogP contribution in [0.1, 0.15) is 66.8 Å². The van der Waals surface area contributed by atoms with E-state index in [1.165, 1.54) is 66.1 Å². The number of aromatic nitrogens is 3. The lowest BCUT2D eigenvalue weighted by molar-refractivity contribution is -0.126. The van der Waals surface area contributed by atoms with E-state index in [2.05, 4.69) is 72.1 Å². The maximum Gasteiger partial charge on any atom is 0.330 e. The molecule has 2 aliphatic carbocycles. The van der Waals surface area contributed by atoms with Crippen LogP contribution in [-0.2, 0) is 37.3 Å². The first-order chi connectivity index (χ1) is 22.9. The Morgan fingerprint density at radius 3 is 2.17 bits per heavy atom. The number of thiophene rings is 1. The molecular weight excluding hydrogens is 621 g/mol. The van der Waals surface area contributed by atoms with E-state index in [0.717, 1.165) is 59.1 Å². The molecule has 7 rings (SSSR count). The van der Waals surface area contributed by atoms with Gasteiger partial charge < -0.3 is 15.2 Å². The number of hydrogen-bond acceptors (Lipinski definition) is 6. The van der Waals surface area contributed by atoms with Crippen LogP contribution in [0.25, 0.3) is 21.5 Å². The molecule has 48 heavy (non-hydrogen) atoms. The van der Waals surface area contributed by atoms with Crippen molar-refractivity contribution in [3.05, 3.63) is 78.4 Å². The van der Waals surface area contributed by atoms with E-state index in [4.69, 9.17) is 0 Å². The highest BCUT2D eigenvalue weighted by molar-refractivity contribution is 7.19. The van der Waals surface area contributed by atoms with Gasteiger partial charge in [0.25, 0.3) is 5.56 Å². The zero-order valence-electron chi connectivity index (χ0n) is 29.3. The van der Waals surface area contributed by atoms with Crippen LogP contribution in [0.2, 0.25) is 0 Å². The van der Waals surface area contributed by atoms with Crippen molar-refractivity contribution in [2.75, 3.05) is 32.7 Å². The molecule has 1 saturated heterocycles. The van der Waals surface area contributed by atoms with E-state index in [1.54, 1.807) is 29.0 Å². The van der Waals surface area contributed by atoms with E-state index in [0.29, 0.717) is 24.4 Å². The number of rotatable bonds is 9. The maximum absolute atomic E-state index is 13.8. The fraction of sp³-hybridized carbons (Fsp3) is 0.553. The fourth-order valence-corrected chi connectivity index (χ4v) is 9.68. The number of aromatic amines is 1. The van der Waals surface area contributed by atoms with Crippen molar-refractivity contribution in [2.24, 2.45) is 25.9 Å². The zero-order valence-corrected chi connectivity index (χ0v) is 30.1. The lowest BCUT2D eigenvalue weighted by atomic mass is 9.88. The SMILES string of the molecule is Cc1cc(C)cc(-c2[nH]c3sc(C(C)(C)C(=O)NC4C5CCC4CC5)cc3c2CCN2CCN(Cc3cc(=O)n(C)c(=O)n3C)CC2)c1. The van der Waals surface area contributed by atoms with Crippen molar-refractivity contribution in [3.8, 4) is 11.3 Å². The van der Waals surface area contributed by atoms with Gasteiger partial charge in [-0.25, -0.2) is 4.79 Å². The highest BCUT2D eigenvalue weighted by Gasteiger charge is 2.44. The molecule has 2 bridgehead atoms. The third-order valence-electron chi connectivity index (χ3n) is 11.6. The number of carbonyl (C=O) groups is 1. The van der Waals surface area contributed by atoms with Gasteiger partial charge in [-0.05, 0) is 101 Å². The highest BCUT2D eigenvalue weighted by atomic mass is 32.1. The Hall–Kier alpha value is -3.47. The third-order valence-corrected chi connectivity index (χ3v) is 12.9. The summed E-state index contributed by atoms with van der Waals surface area (Å²) in [5, 5.41) is 4.72. The van der Waals surface area contributed by atoms with Crippen molar-refractivity contribution in [1.82, 2.24) is 29.2 Å². The van der Waals surface area contributed by atoms with Crippen molar-refractivity contribution in [3.63, 3.8) is 0 Å². The standard InChI is InChI=1S/C38H50N6O3S/c1-23-17-24(2)19-27(18-23)34-29(11-12-43-13-15-44(16-14-43)22-28-20-32(45)42(6)37(47)41(28)5)30-21-31(48-35(30)39-34)38(3,4)36(46)40-33-25-7-8-26(33)10-9-25/h17-21,25-26,33,39H,7-16,22H2,1-6H3,(H,40,46). The molecule has 3 aliphatic rings. The second-order valence-corrected chi connectivity index (χ2v) is 16.3. The summed E-state index contributed by atoms with van der Waals surface area (Å²) in [6.07, 6.45) is 5.93. The molecule has 3 aromatic heterocycles. The van der Waals surface area contributed by atoms with Crippen molar-refractivity contribution in [1.29, 1.82) is 0 Å². The number of carbonyl (C=O) groups excluding carboxylic acids is 1. The van der Waals surface area contributed by atoms with Crippen LogP contribution in [-0.4, -0.2) is 68.6 Å². The molecule has 0 unspecified atom stereocenters. The molecule has 10 heteroatoms. The third kappa shape index (κ3) is 6.11. The average Bonchev–Trinajstić information content (AvgIpc) is 3.83. The molecule has 2 N–H and O–H groups in total. The molecule has 2 saturated carbocycles. The number of benzene rings is 1. The summed E-state index contributed by atoms with van der Waals surface area (Å²) in [7, 11) is 3.26. The molecule has 256 valence electrons. The summed E-state index contributed by atoms with van der Waals surface area (Å²) in [5.74, 6) is 1.46. The lowest BCUT2D eigenvalue weighted by Crippen LogP contribution is -2.47. The molecule has 9 nitrogen and oxygen atoms in total. The predicted octanol–water partition coefficient (Wildman–Crippen LogP) is 4.85. The van der Waals surface area contributed by atoms with Crippen LogP contribution in [0.4, 0.5) is 0 Å². The monoisotopic (exact) mass is 670 g/mol. The summed E-state index contributed by atoms with van der Waals surface area (Å²) in [6, 6.07) is 11.0. The number of nitrogens with one attached hydrogen (secondary N) is 2. The molecule has 1 aliphatic heterocycles. The molecule has 0 radical (unpaired) electrons. The molecular formula is C38H50N6O3S. The van der Waals surface area contributed by atoms with Crippen LogP contribution >= 0.6 is 11.3 Å². The van der Waals surface area contributed by atoms with Gasteiger partial charge in [-0.15, -0.1) is 11.3 Å². The number of fused-ring (bicyclic) bond motifs is 3. The number of amides is 1. The normalized spacial score (nSPS) is 21.8. The van der Waals surface area contributed by atoms with Crippen molar-refractivity contribution < 1.29 is 4.79 Å². The van der Waals surface area contributed by atoms with E-state index >= 15 is 0 Å². The number of piperazine rings is 1. The largest absolute Gasteiger partial charge is 0.352 e. The number of nitrogens with zero attached hydrogens (tertiary/aromatic N) is 4. The van der Waals surface area contributed by atoms with Crippen LogP contribution in [0.5, 0.6) is 0 Å². The van der Waals surface area contributed by atoms with Gasteiger partial charge in [-0.3, -0.25) is 23.6 Å². The average molecular weight is 671 g/mol. The van der Waals surface area contributed by atoms with Crippen molar-refractivity contribution >= 4 is 27.5 Å². The number of H-pyrrole nitrogens is 1. The maximum atomic E-state index is 13.8. The first kappa shape index (κ1) is 33.0. The quantitative estimate of drug-likeness (QED) is 0.266. The fourth-order valence-electron chi connectivity index (χ4n) is 8.49. The summed E-state index contributed by atoms with van der Waals surface area (Å²) in [6.45, 7) is 13.6. The van der Waals surface area contributed by atoms with E-state index < -0.39 is 5.41 Å². The molecule has 4 aromatic rings. The van der Waals surface area contributed by atoms with Gasteiger partial charge in [0.05, 0.1) is 11.1 Å². The van der Waals surface area contributed by atoms with Gasteiger partial charge >= 0.3 is 5.69 Å². The van der Waals surface area contributed by atoms with E-state index in [-0.39, 0.29) is 17.2 Å². The highest BCUT2D eigenvalue weighted by Crippen LogP contribution is 2.46. The van der Waals surface area contributed by atoms with Crippen molar-refractivity contribution in [2.45, 2.75) is 77.8 Å². The number of aryl methyl sites for hydroxylation is 2. The predicted molar refractivity (Wildman–Crippen MR) is 194 cm³/mol. The molecule has 1 amide bonds. The minimum atomic E-state index is -0.604. The van der Waals surface area contributed by atoms with Gasteiger partial charge in [0, 0.05) is 81.4 Å². The summed E-state index contributed by atoms with van der Waals surface area (Å²) >= 11 is 1.73.